The number of nitrogens with zero attached hydrogens (tertiary/aromatic N) is 1. The van der Waals surface area contributed by atoms with Crippen LogP contribution in [0.5, 0.6) is 0 Å². The summed E-state index contributed by atoms with van der Waals surface area (Å²) < 4.78 is 0. The fourth-order valence-corrected chi connectivity index (χ4v) is 2.01. The van der Waals surface area contributed by atoms with Crippen LogP contribution in [-0.4, -0.2) is 27.1 Å². The fraction of sp³-hybridized carbons (Fsp3) is 0.200. The topological polar surface area (TPSA) is 92.0 Å². The number of imidazole rings is 1. The lowest BCUT2D eigenvalue weighted by Crippen LogP contribution is -2.32. The zero-order valence-electron chi connectivity index (χ0n) is 8.38. The molecule has 0 bridgehead atoms. The number of hydrogen-bond acceptors (Lipinski definition) is 4. The second-order valence-corrected chi connectivity index (χ2v) is 4.32. The van der Waals surface area contributed by atoms with Crippen LogP contribution in [0.25, 0.3) is 10.6 Å². The molecule has 1 atom stereocenters. The third-order valence-electron chi connectivity index (χ3n) is 2.15. The molecule has 84 valence electrons. The first kappa shape index (κ1) is 10.8. The van der Waals surface area contributed by atoms with Crippen LogP contribution < -0.4 is 5.73 Å². The molecule has 0 saturated carbocycles. The molecule has 0 aromatic carbocycles. The smallest absolute Gasteiger partial charge is 0.320 e. The number of nitrogens with one attached hydrogen (secondary N) is 1. The number of carbonyl (C=O) groups is 1. The zero-order chi connectivity index (χ0) is 11.5. The molecule has 0 aliphatic rings. The molecule has 4 N–H and O–H groups in total. The lowest BCUT2D eigenvalue weighted by atomic mass is 10.2. The number of nitrogens with two attached hydrogens (primary N) is 1. The van der Waals surface area contributed by atoms with E-state index >= 15 is 0 Å². The molecule has 6 heteroatoms. The molecule has 2 heterocycles. The van der Waals surface area contributed by atoms with Gasteiger partial charge in [-0.1, -0.05) is 6.07 Å². The van der Waals surface area contributed by atoms with E-state index in [0.717, 1.165) is 10.6 Å². The van der Waals surface area contributed by atoms with Gasteiger partial charge in [-0.2, -0.15) is 0 Å². The maximum Gasteiger partial charge on any atom is 0.320 e. The largest absolute Gasteiger partial charge is 0.480 e. The Kier molecular flexibility index (Phi) is 3.02. The predicted octanol–water partition coefficient (Wildman–Crippen LogP) is 1.09. The molecule has 0 radical (unpaired) electrons. The lowest BCUT2D eigenvalue weighted by Gasteiger charge is -2.02. The summed E-state index contributed by atoms with van der Waals surface area (Å²) in [6, 6.07) is 3.00. The lowest BCUT2D eigenvalue weighted by molar-refractivity contribution is -0.138. The molecule has 0 saturated heterocycles. The van der Waals surface area contributed by atoms with Crippen LogP contribution >= 0.6 is 11.3 Å². The van der Waals surface area contributed by atoms with Gasteiger partial charge in [-0.05, 0) is 11.4 Å². The Morgan fingerprint density at radius 1 is 1.69 bits per heavy atom. The van der Waals surface area contributed by atoms with E-state index in [1.807, 2.05) is 17.5 Å². The van der Waals surface area contributed by atoms with Crippen LogP contribution in [0.3, 0.4) is 0 Å². The third kappa shape index (κ3) is 2.29. The second-order valence-electron chi connectivity index (χ2n) is 3.37. The quantitative estimate of drug-likeness (QED) is 0.742. The van der Waals surface area contributed by atoms with Gasteiger partial charge in [-0.15, -0.1) is 11.3 Å². The van der Waals surface area contributed by atoms with Crippen molar-refractivity contribution in [3.05, 3.63) is 29.5 Å². The number of carboxylic acids is 1. The van der Waals surface area contributed by atoms with Crippen molar-refractivity contribution < 1.29 is 9.90 Å². The van der Waals surface area contributed by atoms with Gasteiger partial charge >= 0.3 is 5.97 Å². The molecule has 2 aromatic rings. The van der Waals surface area contributed by atoms with E-state index in [4.69, 9.17) is 10.8 Å². The summed E-state index contributed by atoms with van der Waals surface area (Å²) in [6.07, 6.45) is 1.90. The summed E-state index contributed by atoms with van der Waals surface area (Å²) >= 11 is 1.60. The van der Waals surface area contributed by atoms with Gasteiger partial charge in [0.25, 0.3) is 0 Å². The molecule has 0 fully saturated rings. The molecule has 0 aliphatic heterocycles. The number of thiophene rings is 1. The highest BCUT2D eigenvalue weighted by Crippen LogP contribution is 2.22. The predicted molar refractivity (Wildman–Crippen MR) is 61.2 cm³/mol. The molecule has 2 rings (SSSR count). The highest BCUT2D eigenvalue weighted by atomic mass is 32.1. The average Bonchev–Trinajstić information content (AvgIpc) is 2.85. The number of aromatic nitrogens is 2. The van der Waals surface area contributed by atoms with Crippen molar-refractivity contribution in [3.8, 4) is 10.6 Å². The van der Waals surface area contributed by atoms with Crippen molar-refractivity contribution in [2.45, 2.75) is 12.5 Å². The van der Waals surface area contributed by atoms with Crippen molar-refractivity contribution >= 4 is 17.3 Å². The van der Waals surface area contributed by atoms with Gasteiger partial charge < -0.3 is 15.8 Å². The Labute approximate surface area is 95.9 Å². The van der Waals surface area contributed by atoms with Gasteiger partial charge in [0.05, 0.1) is 16.8 Å². The highest BCUT2D eigenvalue weighted by molar-refractivity contribution is 7.13. The van der Waals surface area contributed by atoms with E-state index in [-0.39, 0.29) is 6.42 Å². The van der Waals surface area contributed by atoms with Crippen LogP contribution in [0.2, 0.25) is 0 Å². The van der Waals surface area contributed by atoms with E-state index in [1.54, 1.807) is 17.5 Å². The Hall–Kier alpha value is -1.66. The Bertz CT molecular complexity index is 478. The minimum absolute atomic E-state index is 0.209. The standard InChI is InChI=1S/C10H11N3O2S/c11-6(10(14)15)4-9-12-5-7(13-9)8-2-1-3-16-8/h1-3,5-6H,4,11H2,(H,12,13)(H,14,15). The van der Waals surface area contributed by atoms with E-state index in [2.05, 4.69) is 9.97 Å². The summed E-state index contributed by atoms with van der Waals surface area (Å²) in [5, 5.41) is 10.6. The van der Waals surface area contributed by atoms with Crippen LogP contribution in [0, 0.1) is 0 Å². The van der Waals surface area contributed by atoms with E-state index < -0.39 is 12.0 Å². The monoisotopic (exact) mass is 237 g/mol. The summed E-state index contributed by atoms with van der Waals surface area (Å²) in [5.41, 5.74) is 6.31. The maximum absolute atomic E-state index is 10.6. The normalized spacial score (nSPS) is 12.6. The van der Waals surface area contributed by atoms with Crippen molar-refractivity contribution in [1.29, 1.82) is 0 Å². The van der Waals surface area contributed by atoms with Crippen LogP contribution in [-0.2, 0) is 11.2 Å². The van der Waals surface area contributed by atoms with E-state index in [0.29, 0.717) is 5.82 Å². The fourth-order valence-electron chi connectivity index (χ4n) is 1.32. The molecular weight excluding hydrogens is 226 g/mol. The zero-order valence-corrected chi connectivity index (χ0v) is 9.20. The van der Waals surface area contributed by atoms with Crippen LogP contribution in [0.15, 0.2) is 23.7 Å². The summed E-state index contributed by atoms with van der Waals surface area (Å²) in [4.78, 5) is 18.8. The highest BCUT2D eigenvalue weighted by Gasteiger charge is 2.14. The van der Waals surface area contributed by atoms with Gasteiger partial charge in [-0.3, -0.25) is 4.79 Å². The molecule has 0 amide bonds. The molecular formula is C10H11N3O2S. The Balaban J connectivity index is 2.11. The number of hydrogen-bond donors (Lipinski definition) is 3. The minimum Gasteiger partial charge on any atom is -0.480 e. The van der Waals surface area contributed by atoms with Crippen LogP contribution in [0.1, 0.15) is 5.82 Å². The van der Waals surface area contributed by atoms with Gasteiger partial charge in [0, 0.05) is 6.42 Å². The Morgan fingerprint density at radius 3 is 3.12 bits per heavy atom. The molecule has 5 nitrogen and oxygen atoms in total. The molecule has 0 spiro atoms. The van der Waals surface area contributed by atoms with Crippen molar-refractivity contribution in [3.63, 3.8) is 0 Å². The SMILES string of the molecule is NC(Cc1ncc(-c2cccs2)[nH]1)C(=O)O. The van der Waals surface area contributed by atoms with Crippen molar-refractivity contribution in [2.75, 3.05) is 0 Å². The average molecular weight is 237 g/mol. The maximum atomic E-state index is 10.6. The number of aliphatic carboxylic acids is 1. The first-order valence-corrected chi connectivity index (χ1v) is 5.61. The van der Waals surface area contributed by atoms with Gasteiger partial charge in [0.1, 0.15) is 11.9 Å². The van der Waals surface area contributed by atoms with Crippen LogP contribution in [0.4, 0.5) is 0 Å². The molecule has 2 aromatic heterocycles. The van der Waals surface area contributed by atoms with E-state index in [9.17, 15) is 4.79 Å². The first-order chi connectivity index (χ1) is 7.66. The van der Waals surface area contributed by atoms with E-state index in [1.165, 1.54) is 0 Å². The summed E-state index contributed by atoms with van der Waals surface area (Å²) in [7, 11) is 0. The van der Waals surface area contributed by atoms with Gasteiger partial charge in [-0.25, -0.2) is 4.98 Å². The number of H-pyrrole nitrogens is 1. The molecule has 1 unspecified atom stereocenters. The number of aromatic amines is 1. The Morgan fingerprint density at radius 2 is 2.50 bits per heavy atom. The molecule has 16 heavy (non-hydrogen) atoms. The summed E-state index contributed by atoms with van der Waals surface area (Å²) in [5.74, 6) is -0.424. The number of carboxylic acid groups (broad SMARTS) is 1. The van der Waals surface area contributed by atoms with Crippen molar-refractivity contribution in [1.82, 2.24) is 9.97 Å². The summed E-state index contributed by atoms with van der Waals surface area (Å²) in [6.45, 7) is 0. The van der Waals surface area contributed by atoms with Gasteiger partial charge in [0.2, 0.25) is 0 Å². The molecule has 0 aliphatic carbocycles. The number of rotatable bonds is 4. The third-order valence-corrected chi connectivity index (χ3v) is 3.05. The second kappa shape index (κ2) is 4.46. The van der Waals surface area contributed by atoms with Gasteiger partial charge in [0.15, 0.2) is 0 Å². The first-order valence-electron chi connectivity index (χ1n) is 4.73. The van der Waals surface area contributed by atoms with Crippen molar-refractivity contribution in [2.24, 2.45) is 5.73 Å². The minimum atomic E-state index is -1.02.